The molecule has 0 radical (unpaired) electrons. The van der Waals surface area contributed by atoms with Crippen LogP contribution in [-0.2, 0) is 0 Å². The van der Waals surface area contributed by atoms with E-state index >= 15 is 0 Å². The van der Waals surface area contributed by atoms with Crippen LogP contribution < -0.4 is 10.1 Å². The van der Waals surface area contributed by atoms with Crippen molar-refractivity contribution in [2.75, 3.05) is 13.7 Å². The minimum absolute atomic E-state index is 0.0730. The van der Waals surface area contributed by atoms with E-state index in [2.05, 4.69) is 5.32 Å². The van der Waals surface area contributed by atoms with Crippen LogP contribution in [0.5, 0.6) is 5.75 Å². The molecule has 1 N–H and O–H groups in total. The van der Waals surface area contributed by atoms with E-state index < -0.39 is 0 Å². The molecule has 88 valence electrons. The molecule has 0 saturated carbocycles. The van der Waals surface area contributed by atoms with E-state index in [9.17, 15) is 4.79 Å². The van der Waals surface area contributed by atoms with Gasteiger partial charge in [0.25, 0.3) is 0 Å². The summed E-state index contributed by atoms with van der Waals surface area (Å²) in [6, 6.07) is 7.13. The number of Topliss-reactive ketones (excluding diaryl/α,β-unsaturated/α-hetero) is 1. The molecule has 0 spiro atoms. The Balaban J connectivity index is 2.01. The van der Waals surface area contributed by atoms with Gasteiger partial charge in [0, 0.05) is 30.4 Å². The number of hydrogen-bond donors (Lipinski definition) is 1. The molecule has 1 aromatic carbocycles. The minimum atomic E-state index is 0.0730. The van der Waals surface area contributed by atoms with Gasteiger partial charge in [0.2, 0.25) is 0 Å². The first-order valence-electron chi connectivity index (χ1n) is 5.32. The van der Waals surface area contributed by atoms with E-state index in [1.807, 2.05) is 17.3 Å². The van der Waals surface area contributed by atoms with E-state index in [-0.39, 0.29) is 5.78 Å². The van der Waals surface area contributed by atoms with Crippen molar-refractivity contribution in [1.29, 1.82) is 0 Å². The lowest BCUT2D eigenvalue weighted by Gasteiger charge is -2.17. The monoisotopic (exact) mass is 230 g/mol. The standard InChI is InChI=1S/C13H14N2O2/c1-17-12-4-2-11(3-5-12)13(16)10-15-8-6-14-7-9-15/h2-9,14H,10H2,1H3. The average Bonchev–Trinajstić information content (AvgIpc) is 2.40. The predicted octanol–water partition coefficient (Wildman–Crippen LogP) is 1.73. The lowest BCUT2D eigenvalue weighted by molar-refractivity contribution is 0.0969. The maximum atomic E-state index is 11.9. The zero-order chi connectivity index (χ0) is 12.1. The molecule has 0 aromatic heterocycles. The Morgan fingerprint density at radius 1 is 1.24 bits per heavy atom. The summed E-state index contributed by atoms with van der Waals surface area (Å²) in [5.41, 5.74) is 0.686. The Morgan fingerprint density at radius 2 is 1.88 bits per heavy atom. The third kappa shape index (κ3) is 2.87. The molecular formula is C13H14N2O2. The molecule has 0 aliphatic carbocycles. The smallest absolute Gasteiger partial charge is 0.182 e. The fourth-order valence-electron chi connectivity index (χ4n) is 1.52. The number of ether oxygens (including phenoxy) is 1. The molecule has 0 unspecified atom stereocenters. The summed E-state index contributed by atoms with van der Waals surface area (Å²) < 4.78 is 5.05. The number of benzene rings is 1. The van der Waals surface area contributed by atoms with Crippen molar-refractivity contribution in [2.24, 2.45) is 0 Å². The number of ketones is 1. The van der Waals surface area contributed by atoms with Crippen molar-refractivity contribution >= 4 is 5.78 Å². The van der Waals surface area contributed by atoms with Gasteiger partial charge in [0.15, 0.2) is 5.78 Å². The third-order valence-corrected chi connectivity index (χ3v) is 2.46. The molecule has 1 aromatic rings. The highest BCUT2D eigenvalue weighted by molar-refractivity contribution is 5.97. The summed E-state index contributed by atoms with van der Waals surface area (Å²) in [4.78, 5) is 13.8. The molecule has 17 heavy (non-hydrogen) atoms. The van der Waals surface area contributed by atoms with Gasteiger partial charge in [-0.3, -0.25) is 4.79 Å². The summed E-state index contributed by atoms with van der Waals surface area (Å²) in [7, 11) is 1.60. The van der Waals surface area contributed by atoms with Gasteiger partial charge in [-0.2, -0.15) is 0 Å². The quantitative estimate of drug-likeness (QED) is 0.800. The Hall–Kier alpha value is -2.23. The molecule has 4 heteroatoms. The first kappa shape index (κ1) is 11.3. The van der Waals surface area contributed by atoms with Crippen molar-refractivity contribution in [1.82, 2.24) is 10.2 Å². The summed E-state index contributed by atoms with van der Waals surface area (Å²) in [5.74, 6) is 0.826. The molecule has 1 aliphatic rings. The largest absolute Gasteiger partial charge is 0.497 e. The second-order valence-electron chi connectivity index (χ2n) is 3.62. The van der Waals surface area contributed by atoms with Crippen molar-refractivity contribution in [3.63, 3.8) is 0 Å². The van der Waals surface area contributed by atoms with Crippen molar-refractivity contribution in [2.45, 2.75) is 0 Å². The molecule has 0 saturated heterocycles. The van der Waals surface area contributed by atoms with E-state index in [1.54, 1.807) is 43.8 Å². The fourth-order valence-corrected chi connectivity index (χ4v) is 1.52. The normalized spacial score (nSPS) is 13.4. The van der Waals surface area contributed by atoms with Crippen molar-refractivity contribution in [3.05, 3.63) is 54.6 Å². The second kappa shape index (κ2) is 5.21. The lowest BCUT2D eigenvalue weighted by atomic mass is 10.1. The lowest BCUT2D eigenvalue weighted by Crippen LogP contribution is -2.23. The SMILES string of the molecule is COc1ccc(C(=O)CN2C=CNC=C2)cc1. The van der Waals surface area contributed by atoms with Gasteiger partial charge < -0.3 is 15.0 Å². The van der Waals surface area contributed by atoms with E-state index in [1.165, 1.54) is 0 Å². The molecule has 4 nitrogen and oxygen atoms in total. The summed E-state index contributed by atoms with van der Waals surface area (Å²) >= 11 is 0. The first-order valence-corrected chi connectivity index (χ1v) is 5.32. The zero-order valence-corrected chi connectivity index (χ0v) is 9.59. The van der Waals surface area contributed by atoms with Gasteiger partial charge in [-0.25, -0.2) is 0 Å². The topological polar surface area (TPSA) is 41.6 Å². The Bertz CT molecular complexity index is 437. The maximum Gasteiger partial charge on any atom is 0.182 e. The number of rotatable bonds is 4. The van der Waals surface area contributed by atoms with Crippen LogP contribution in [0, 0.1) is 0 Å². The van der Waals surface area contributed by atoms with Crippen LogP contribution >= 0.6 is 0 Å². The van der Waals surface area contributed by atoms with Gasteiger partial charge in [-0.15, -0.1) is 0 Å². The second-order valence-corrected chi connectivity index (χ2v) is 3.62. The Kier molecular flexibility index (Phi) is 3.45. The molecule has 2 rings (SSSR count). The highest BCUT2D eigenvalue weighted by atomic mass is 16.5. The molecular weight excluding hydrogens is 216 g/mol. The Labute approximate surface area is 100 Å². The number of hydrogen-bond acceptors (Lipinski definition) is 4. The van der Waals surface area contributed by atoms with E-state index in [4.69, 9.17) is 4.74 Å². The highest BCUT2D eigenvalue weighted by Crippen LogP contribution is 2.12. The van der Waals surface area contributed by atoms with Crippen molar-refractivity contribution in [3.8, 4) is 5.75 Å². The number of nitrogens with one attached hydrogen (secondary N) is 1. The van der Waals surface area contributed by atoms with Gasteiger partial charge in [0.1, 0.15) is 5.75 Å². The van der Waals surface area contributed by atoms with Crippen LogP contribution in [-0.4, -0.2) is 24.3 Å². The molecule has 0 atom stereocenters. The first-order chi connectivity index (χ1) is 8.29. The number of methoxy groups -OCH3 is 1. The zero-order valence-electron chi connectivity index (χ0n) is 9.59. The highest BCUT2D eigenvalue weighted by Gasteiger charge is 2.09. The summed E-state index contributed by atoms with van der Waals surface area (Å²) in [5, 5.41) is 2.91. The minimum Gasteiger partial charge on any atom is -0.497 e. The van der Waals surface area contributed by atoms with Crippen LogP contribution in [0.1, 0.15) is 10.4 Å². The molecule has 1 heterocycles. The molecule has 0 amide bonds. The van der Waals surface area contributed by atoms with Crippen LogP contribution in [0.2, 0.25) is 0 Å². The van der Waals surface area contributed by atoms with Crippen molar-refractivity contribution < 1.29 is 9.53 Å². The maximum absolute atomic E-state index is 11.9. The molecule has 0 bridgehead atoms. The van der Waals surface area contributed by atoms with Crippen LogP contribution in [0.4, 0.5) is 0 Å². The van der Waals surface area contributed by atoms with Crippen LogP contribution in [0.25, 0.3) is 0 Å². The van der Waals surface area contributed by atoms with Gasteiger partial charge in [0.05, 0.1) is 13.7 Å². The molecule has 1 aliphatic heterocycles. The summed E-state index contributed by atoms with van der Waals surface area (Å²) in [6.45, 7) is 0.334. The van der Waals surface area contributed by atoms with Gasteiger partial charge >= 0.3 is 0 Å². The average molecular weight is 230 g/mol. The van der Waals surface area contributed by atoms with Gasteiger partial charge in [-0.1, -0.05) is 0 Å². The number of carbonyl (C=O) groups is 1. The van der Waals surface area contributed by atoms with E-state index in [0.717, 1.165) is 5.75 Å². The summed E-state index contributed by atoms with van der Waals surface area (Å²) in [6.07, 6.45) is 7.20. The Morgan fingerprint density at radius 3 is 2.47 bits per heavy atom. The molecule has 0 fully saturated rings. The predicted molar refractivity (Wildman–Crippen MR) is 65.4 cm³/mol. The fraction of sp³-hybridized carbons (Fsp3) is 0.154. The van der Waals surface area contributed by atoms with Gasteiger partial charge in [-0.05, 0) is 24.3 Å². The number of nitrogens with zero attached hydrogens (tertiary/aromatic N) is 1. The van der Waals surface area contributed by atoms with Crippen LogP contribution in [0.3, 0.4) is 0 Å². The third-order valence-electron chi connectivity index (χ3n) is 2.46. The van der Waals surface area contributed by atoms with E-state index in [0.29, 0.717) is 12.1 Å². The van der Waals surface area contributed by atoms with Crippen LogP contribution in [0.15, 0.2) is 49.1 Å². The number of carbonyl (C=O) groups excluding carboxylic acids is 1.